The van der Waals surface area contributed by atoms with E-state index >= 15 is 0 Å². The Balaban J connectivity index is 1.92. The molecule has 0 unspecified atom stereocenters. The van der Waals surface area contributed by atoms with Crippen LogP contribution < -0.4 is 5.32 Å². The molecule has 5 heteroatoms. The Bertz CT molecular complexity index is 457. The molecule has 1 heterocycles. The molecule has 0 aliphatic rings. The molecule has 1 aromatic heterocycles. The van der Waals surface area contributed by atoms with Gasteiger partial charge in [0, 0.05) is 22.7 Å². The molecule has 0 bridgehead atoms. The van der Waals surface area contributed by atoms with Gasteiger partial charge in [-0.25, -0.2) is 0 Å². The van der Waals surface area contributed by atoms with Gasteiger partial charge in [-0.15, -0.1) is 0 Å². The Hall–Kier alpha value is -1.03. The topological polar surface area (TPSA) is 38.1 Å². The highest BCUT2D eigenvalue weighted by molar-refractivity contribution is 6.33. The van der Waals surface area contributed by atoms with Gasteiger partial charge in [-0.1, -0.05) is 28.4 Å². The van der Waals surface area contributed by atoms with Crippen LogP contribution in [0.2, 0.25) is 10.0 Å². The molecule has 2 rings (SSSR count). The van der Waals surface area contributed by atoms with Gasteiger partial charge in [0.2, 0.25) is 0 Å². The molecule has 0 saturated carbocycles. The third kappa shape index (κ3) is 2.98. The minimum Gasteiger partial charge on any atom is -0.360 e. The maximum atomic E-state index is 6.02. The Labute approximate surface area is 103 Å². The Morgan fingerprint density at radius 3 is 2.81 bits per heavy atom. The van der Waals surface area contributed by atoms with Gasteiger partial charge in [-0.3, -0.25) is 0 Å². The lowest BCUT2D eigenvalue weighted by Crippen LogP contribution is -2.12. The molecule has 0 atom stereocenters. The van der Waals surface area contributed by atoms with E-state index in [0.29, 0.717) is 23.1 Å². The average Bonchev–Trinajstić information content (AvgIpc) is 2.76. The van der Waals surface area contributed by atoms with E-state index in [1.165, 1.54) is 0 Å². The van der Waals surface area contributed by atoms with Gasteiger partial charge in [0.05, 0.1) is 12.7 Å². The number of rotatable bonds is 4. The molecule has 84 valence electrons. The van der Waals surface area contributed by atoms with E-state index in [1.54, 1.807) is 18.3 Å². The Morgan fingerprint density at radius 2 is 2.06 bits per heavy atom. The van der Waals surface area contributed by atoms with E-state index in [-0.39, 0.29) is 0 Å². The first kappa shape index (κ1) is 11.5. The standard InChI is InChI=1S/C11H10Cl2N2O/c12-9-1-2-11(13)8(5-9)6-14-7-10-3-4-15-16-10/h1-5,14H,6-7H2. The number of halogens is 2. The molecule has 0 fully saturated rings. The van der Waals surface area contributed by atoms with Crippen LogP contribution in [0.25, 0.3) is 0 Å². The summed E-state index contributed by atoms with van der Waals surface area (Å²) in [5.74, 6) is 0.790. The molecule has 2 aromatic rings. The van der Waals surface area contributed by atoms with Gasteiger partial charge in [-0.2, -0.15) is 0 Å². The fraction of sp³-hybridized carbons (Fsp3) is 0.182. The summed E-state index contributed by atoms with van der Waals surface area (Å²) in [6.45, 7) is 1.25. The second-order valence-electron chi connectivity index (χ2n) is 3.32. The first-order valence-corrected chi connectivity index (χ1v) is 5.55. The second-order valence-corrected chi connectivity index (χ2v) is 4.16. The maximum absolute atomic E-state index is 6.02. The van der Waals surface area contributed by atoms with E-state index in [2.05, 4.69) is 10.5 Å². The van der Waals surface area contributed by atoms with Crippen LogP contribution in [0, 0.1) is 0 Å². The largest absolute Gasteiger partial charge is 0.360 e. The lowest BCUT2D eigenvalue weighted by atomic mass is 10.2. The molecule has 16 heavy (non-hydrogen) atoms. The normalized spacial score (nSPS) is 10.6. The SMILES string of the molecule is Clc1ccc(Cl)c(CNCc2ccno2)c1. The third-order valence-electron chi connectivity index (χ3n) is 2.11. The van der Waals surface area contributed by atoms with Crippen LogP contribution in [-0.2, 0) is 13.1 Å². The summed E-state index contributed by atoms with van der Waals surface area (Å²) in [4.78, 5) is 0. The van der Waals surface area contributed by atoms with Crippen molar-refractivity contribution in [2.24, 2.45) is 0 Å². The molecular formula is C11H10Cl2N2O. The molecule has 0 aliphatic carbocycles. The maximum Gasteiger partial charge on any atom is 0.150 e. The lowest BCUT2D eigenvalue weighted by Gasteiger charge is -2.05. The zero-order chi connectivity index (χ0) is 11.4. The van der Waals surface area contributed by atoms with Gasteiger partial charge < -0.3 is 9.84 Å². The fourth-order valence-corrected chi connectivity index (χ4v) is 1.71. The van der Waals surface area contributed by atoms with Gasteiger partial charge in [0.25, 0.3) is 0 Å². The molecule has 0 amide bonds. The van der Waals surface area contributed by atoms with E-state index in [1.807, 2.05) is 12.1 Å². The van der Waals surface area contributed by atoms with Crippen LogP contribution in [-0.4, -0.2) is 5.16 Å². The highest BCUT2D eigenvalue weighted by atomic mass is 35.5. The van der Waals surface area contributed by atoms with Gasteiger partial charge in [0.15, 0.2) is 0 Å². The number of nitrogens with zero attached hydrogens (tertiary/aromatic N) is 1. The quantitative estimate of drug-likeness (QED) is 0.913. The van der Waals surface area contributed by atoms with Crippen molar-refractivity contribution >= 4 is 23.2 Å². The molecule has 3 nitrogen and oxygen atoms in total. The van der Waals surface area contributed by atoms with Crippen molar-refractivity contribution in [3.8, 4) is 0 Å². The Kier molecular flexibility index (Phi) is 3.83. The third-order valence-corrected chi connectivity index (χ3v) is 2.72. The minimum absolute atomic E-state index is 0.614. The van der Waals surface area contributed by atoms with Crippen molar-refractivity contribution < 1.29 is 4.52 Å². The molecule has 0 aliphatic heterocycles. The summed E-state index contributed by atoms with van der Waals surface area (Å²) in [7, 11) is 0. The summed E-state index contributed by atoms with van der Waals surface area (Å²) in [5.41, 5.74) is 0.966. The van der Waals surface area contributed by atoms with Crippen molar-refractivity contribution in [2.75, 3.05) is 0 Å². The molecular weight excluding hydrogens is 247 g/mol. The van der Waals surface area contributed by atoms with E-state index < -0.39 is 0 Å². The first-order chi connectivity index (χ1) is 7.75. The highest BCUT2D eigenvalue weighted by Gasteiger charge is 2.02. The zero-order valence-corrected chi connectivity index (χ0v) is 9.92. The second kappa shape index (κ2) is 5.34. The number of hydrogen-bond acceptors (Lipinski definition) is 3. The number of benzene rings is 1. The molecule has 0 radical (unpaired) electrons. The zero-order valence-electron chi connectivity index (χ0n) is 8.41. The Morgan fingerprint density at radius 1 is 1.19 bits per heavy atom. The summed E-state index contributed by atoms with van der Waals surface area (Å²) >= 11 is 11.9. The van der Waals surface area contributed by atoms with Crippen molar-refractivity contribution in [3.05, 3.63) is 51.8 Å². The lowest BCUT2D eigenvalue weighted by molar-refractivity contribution is 0.373. The van der Waals surface area contributed by atoms with Crippen molar-refractivity contribution in [1.29, 1.82) is 0 Å². The van der Waals surface area contributed by atoms with Crippen LogP contribution in [0.1, 0.15) is 11.3 Å². The number of aromatic nitrogens is 1. The first-order valence-electron chi connectivity index (χ1n) is 4.80. The van der Waals surface area contributed by atoms with Crippen molar-refractivity contribution in [1.82, 2.24) is 10.5 Å². The predicted molar refractivity (Wildman–Crippen MR) is 63.5 cm³/mol. The van der Waals surface area contributed by atoms with Crippen LogP contribution >= 0.6 is 23.2 Å². The highest BCUT2D eigenvalue weighted by Crippen LogP contribution is 2.20. The van der Waals surface area contributed by atoms with Gasteiger partial charge in [-0.05, 0) is 23.8 Å². The van der Waals surface area contributed by atoms with Crippen LogP contribution in [0.5, 0.6) is 0 Å². The molecule has 1 aromatic carbocycles. The van der Waals surface area contributed by atoms with E-state index in [4.69, 9.17) is 27.7 Å². The number of hydrogen-bond donors (Lipinski definition) is 1. The summed E-state index contributed by atoms with van der Waals surface area (Å²) in [6.07, 6.45) is 1.61. The van der Waals surface area contributed by atoms with Gasteiger partial charge in [0.1, 0.15) is 5.76 Å². The van der Waals surface area contributed by atoms with Crippen molar-refractivity contribution in [3.63, 3.8) is 0 Å². The average molecular weight is 257 g/mol. The van der Waals surface area contributed by atoms with E-state index in [9.17, 15) is 0 Å². The molecule has 1 N–H and O–H groups in total. The summed E-state index contributed by atoms with van der Waals surface area (Å²) in [6, 6.07) is 7.21. The monoisotopic (exact) mass is 256 g/mol. The summed E-state index contributed by atoms with van der Waals surface area (Å²) < 4.78 is 4.95. The molecule has 0 saturated heterocycles. The fourth-order valence-electron chi connectivity index (χ4n) is 1.33. The van der Waals surface area contributed by atoms with Gasteiger partial charge >= 0.3 is 0 Å². The number of nitrogens with one attached hydrogen (secondary N) is 1. The van der Waals surface area contributed by atoms with Crippen LogP contribution in [0.3, 0.4) is 0 Å². The summed E-state index contributed by atoms with van der Waals surface area (Å²) in [5, 5.41) is 8.20. The predicted octanol–water partition coefficient (Wildman–Crippen LogP) is 3.27. The van der Waals surface area contributed by atoms with Crippen molar-refractivity contribution in [2.45, 2.75) is 13.1 Å². The van der Waals surface area contributed by atoms with E-state index in [0.717, 1.165) is 11.3 Å². The minimum atomic E-state index is 0.614. The van der Waals surface area contributed by atoms with Crippen LogP contribution in [0.4, 0.5) is 0 Å². The van der Waals surface area contributed by atoms with Crippen LogP contribution in [0.15, 0.2) is 35.0 Å². The smallest absolute Gasteiger partial charge is 0.150 e. The molecule has 0 spiro atoms.